The van der Waals surface area contributed by atoms with Crippen LogP contribution in [0, 0.1) is 11.7 Å². The number of methoxy groups -OCH3 is 1. The van der Waals surface area contributed by atoms with Crippen molar-refractivity contribution < 1.29 is 23.8 Å². The molecule has 6 heteroatoms. The molecule has 0 saturated carbocycles. The molecule has 0 fully saturated rings. The highest BCUT2D eigenvalue weighted by Gasteiger charge is 2.22. The minimum absolute atomic E-state index is 0.217. The maximum absolute atomic E-state index is 13.1. The van der Waals surface area contributed by atoms with E-state index in [1.165, 1.54) is 24.1 Å². The second-order valence-electron chi connectivity index (χ2n) is 4.88. The lowest BCUT2D eigenvalue weighted by molar-refractivity contribution is -0.146. The third-order valence-corrected chi connectivity index (χ3v) is 3.06. The highest BCUT2D eigenvalue weighted by Crippen LogP contribution is 2.13. The lowest BCUT2D eigenvalue weighted by atomic mass is 9.99. The third-order valence-electron chi connectivity index (χ3n) is 3.06. The fourth-order valence-corrected chi connectivity index (χ4v) is 2.05. The maximum Gasteiger partial charge on any atom is 0.323 e. The number of carboxylic acids is 1. The molecule has 0 aliphatic heterocycles. The number of halogens is 1. The fraction of sp³-hybridized carbons (Fsp3) is 0.467. The zero-order valence-corrected chi connectivity index (χ0v) is 12.2. The molecule has 0 saturated heterocycles. The topological polar surface area (TPSA) is 66.8 Å². The molecule has 0 heterocycles. The number of nitrogens with zero attached hydrogens (tertiary/aromatic N) is 1. The van der Waals surface area contributed by atoms with E-state index in [1.54, 1.807) is 19.1 Å². The largest absolute Gasteiger partial charge is 0.480 e. The third kappa shape index (κ3) is 5.91. The molecule has 1 aromatic rings. The number of carboxylic acid groups (broad SMARTS) is 1. The lowest BCUT2D eigenvalue weighted by Crippen LogP contribution is -2.41. The summed E-state index contributed by atoms with van der Waals surface area (Å²) in [6.45, 7) is 1.82. The summed E-state index contributed by atoms with van der Waals surface area (Å²) >= 11 is 0. The Morgan fingerprint density at radius 3 is 2.71 bits per heavy atom. The van der Waals surface area contributed by atoms with E-state index < -0.39 is 11.9 Å². The molecule has 1 amide bonds. The van der Waals surface area contributed by atoms with Crippen molar-refractivity contribution in [2.24, 2.45) is 5.92 Å². The Morgan fingerprint density at radius 2 is 2.14 bits per heavy atom. The van der Waals surface area contributed by atoms with Crippen LogP contribution in [0.25, 0.3) is 0 Å². The van der Waals surface area contributed by atoms with Crippen LogP contribution in [0.1, 0.15) is 12.5 Å². The van der Waals surface area contributed by atoms with Crippen molar-refractivity contribution in [1.82, 2.24) is 4.90 Å². The molecule has 1 N–H and O–H groups in total. The standard InChI is InChI=1S/C15H20FNO4/c1-11(8-12-4-3-5-13(16)9-12)15(20)17(6-7-21-2)10-14(18)19/h3-5,9,11H,6-8,10H2,1-2H3,(H,18,19). The number of aliphatic carboxylic acids is 1. The minimum Gasteiger partial charge on any atom is -0.480 e. The van der Waals surface area contributed by atoms with Crippen LogP contribution in [0.15, 0.2) is 24.3 Å². The Balaban J connectivity index is 2.70. The second kappa shape index (κ2) is 8.36. The van der Waals surface area contributed by atoms with Crippen LogP contribution in [0.5, 0.6) is 0 Å². The van der Waals surface area contributed by atoms with E-state index in [9.17, 15) is 14.0 Å². The normalized spacial score (nSPS) is 12.0. The zero-order chi connectivity index (χ0) is 15.8. The Kier molecular flexibility index (Phi) is 6.81. The first-order valence-corrected chi connectivity index (χ1v) is 6.68. The number of ether oxygens (including phenoxy) is 1. The Bertz CT molecular complexity index is 492. The average Bonchev–Trinajstić information content (AvgIpc) is 2.42. The van der Waals surface area contributed by atoms with Crippen molar-refractivity contribution in [2.45, 2.75) is 13.3 Å². The maximum atomic E-state index is 13.1. The van der Waals surface area contributed by atoms with E-state index in [4.69, 9.17) is 9.84 Å². The summed E-state index contributed by atoms with van der Waals surface area (Å²) in [4.78, 5) is 24.4. The summed E-state index contributed by atoms with van der Waals surface area (Å²) in [5.41, 5.74) is 0.706. The molecule has 1 rings (SSSR count). The van der Waals surface area contributed by atoms with E-state index in [2.05, 4.69) is 0 Å². The molecule has 0 aliphatic carbocycles. The van der Waals surface area contributed by atoms with Gasteiger partial charge in [-0.1, -0.05) is 19.1 Å². The van der Waals surface area contributed by atoms with Crippen molar-refractivity contribution in [3.8, 4) is 0 Å². The van der Waals surface area contributed by atoms with Crippen molar-refractivity contribution in [3.63, 3.8) is 0 Å². The van der Waals surface area contributed by atoms with Crippen LogP contribution in [0.2, 0.25) is 0 Å². The summed E-state index contributed by atoms with van der Waals surface area (Å²) in [6.07, 6.45) is 0.361. The van der Waals surface area contributed by atoms with Gasteiger partial charge in [0.05, 0.1) is 6.61 Å². The number of carbonyl (C=O) groups excluding carboxylic acids is 1. The molecule has 0 radical (unpaired) electrons. The first-order valence-electron chi connectivity index (χ1n) is 6.68. The van der Waals surface area contributed by atoms with Gasteiger partial charge in [0.2, 0.25) is 5.91 Å². The summed E-state index contributed by atoms with van der Waals surface area (Å²) < 4.78 is 18.0. The van der Waals surface area contributed by atoms with Crippen LogP contribution in [0.4, 0.5) is 4.39 Å². The molecule has 1 atom stereocenters. The van der Waals surface area contributed by atoms with Crippen molar-refractivity contribution in [1.29, 1.82) is 0 Å². The van der Waals surface area contributed by atoms with E-state index >= 15 is 0 Å². The zero-order valence-electron chi connectivity index (χ0n) is 12.2. The molecular weight excluding hydrogens is 277 g/mol. The number of hydrogen-bond donors (Lipinski definition) is 1. The molecule has 0 aliphatic rings. The summed E-state index contributed by atoms with van der Waals surface area (Å²) in [7, 11) is 1.49. The Morgan fingerprint density at radius 1 is 1.43 bits per heavy atom. The van der Waals surface area contributed by atoms with E-state index in [0.717, 1.165) is 0 Å². The van der Waals surface area contributed by atoms with Gasteiger partial charge in [0.25, 0.3) is 0 Å². The molecule has 1 unspecified atom stereocenters. The van der Waals surface area contributed by atoms with Gasteiger partial charge in [-0.05, 0) is 24.1 Å². The van der Waals surface area contributed by atoms with Crippen LogP contribution in [0.3, 0.4) is 0 Å². The van der Waals surface area contributed by atoms with Gasteiger partial charge in [-0.2, -0.15) is 0 Å². The van der Waals surface area contributed by atoms with E-state index in [-0.39, 0.29) is 31.4 Å². The first-order chi connectivity index (χ1) is 9.93. The van der Waals surface area contributed by atoms with Crippen molar-refractivity contribution in [2.75, 3.05) is 26.8 Å². The molecule has 0 bridgehead atoms. The van der Waals surface area contributed by atoms with Gasteiger partial charge < -0.3 is 14.7 Å². The predicted molar refractivity (Wildman–Crippen MR) is 75.4 cm³/mol. The number of hydrogen-bond acceptors (Lipinski definition) is 3. The Labute approximate surface area is 123 Å². The van der Waals surface area contributed by atoms with Gasteiger partial charge in [0.1, 0.15) is 12.4 Å². The number of rotatable bonds is 8. The quantitative estimate of drug-likeness (QED) is 0.791. The monoisotopic (exact) mass is 297 g/mol. The summed E-state index contributed by atoms with van der Waals surface area (Å²) in [5.74, 6) is -2.13. The summed E-state index contributed by atoms with van der Waals surface area (Å²) in [5, 5.41) is 8.86. The molecular formula is C15H20FNO4. The first kappa shape index (κ1) is 17.1. The molecule has 116 valence electrons. The number of amides is 1. The number of benzene rings is 1. The van der Waals surface area contributed by atoms with E-state index in [0.29, 0.717) is 12.0 Å². The molecule has 21 heavy (non-hydrogen) atoms. The van der Waals surface area contributed by atoms with E-state index in [1.807, 2.05) is 0 Å². The SMILES string of the molecule is COCCN(CC(=O)O)C(=O)C(C)Cc1cccc(F)c1. The highest BCUT2D eigenvalue weighted by atomic mass is 19.1. The van der Waals surface area contributed by atoms with Crippen LogP contribution in [-0.2, 0) is 20.7 Å². The van der Waals surface area contributed by atoms with Crippen LogP contribution >= 0.6 is 0 Å². The van der Waals surface area contributed by atoms with Gasteiger partial charge in [0, 0.05) is 19.6 Å². The van der Waals surface area contributed by atoms with Crippen molar-refractivity contribution in [3.05, 3.63) is 35.6 Å². The van der Waals surface area contributed by atoms with Gasteiger partial charge >= 0.3 is 5.97 Å². The molecule has 1 aromatic carbocycles. The fourth-order valence-electron chi connectivity index (χ4n) is 2.05. The predicted octanol–water partition coefficient (Wildman–Crippen LogP) is 1.56. The second-order valence-corrected chi connectivity index (χ2v) is 4.88. The van der Waals surface area contributed by atoms with Crippen LogP contribution < -0.4 is 0 Å². The van der Waals surface area contributed by atoms with Gasteiger partial charge in [-0.3, -0.25) is 9.59 Å². The average molecular weight is 297 g/mol. The highest BCUT2D eigenvalue weighted by molar-refractivity contribution is 5.83. The molecule has 0 spiro atoms. The van der Waals surface area contributed by atoms with Gasteiger partial charge in [-0.15, -0.1) is 0 Å². The molecule has 5 nitrogen and oxygen atoms in total. The summed E-state index contributed by atoms with van der Waals surface area (Å²) in [6, 6.07) is 6.04. The Hall–Kier alpha value is -1.95. The minimum atomic E-state index is -1.07. The van der Waals surface area contributed by atoms with Gasteiger partial charge in [0.15, 0.2) is 0 Å². The number of carbonyl (C=O) groups is 2. The van der Waals surface area contributed by atoms with Crippen LogP contribution in [-0.4, -0.2) is 48.7 Å². The molecule has 0 aromatic heterocycles. The smallest absolute Gasteiger partial charge is 0.323 e. The lowest BCUT2D eigenvalue weighted by Gasteiger charge is -2.24. The van der Waals surface area contributed by atoms with Gasteiger partial charge in [-0.25, -0.2) is 4.39 Å². The van der Waals surface area contributed by atoms with Crippen molar-refractivity contribution >= 4 is 11.9 Å².